The van der Waals surface area contributed by atoms with Gasteiger partial charge in [-0.05, 0) is 90.3 Å². The lowest BCUT2D eigenvalue weighted by molar-refractivity contribution is 0.0842. The first-order valence-electron chi connectivity index (χ1n) is 10.2. The van der Waals surface area contributed by atoms with Crippen molar-refractivity contribution in [2.45, 2.75) is 37.8 Å². The molecule has 0 heterocycles. The lowest BCUT2D eigenvalue weighted by atomic mass is 9.92. The van der Waals surface area contributed by atoms with Crippen molar-refractivity contribution in [1.29, 1.82) is 0 Å². The fraction of sp³-hybridized carbons (Fsp3) is 0.500. The molecule has 0 fully saturated rings. The van der Waals surface area contributed by atoms with Gasteiger partial charge in [0.15, 0.2) is 0 Å². The molecule has 0 saturated heterocycles. The van der Waals surface area contributed by atoms with Gasteiger partial charge in [-0.1, -0.05) is 58.5 Å². The molecule has 0 aromatic heterocycles. The molecular formula is C24H34Cl4N2O2. The normalized spacial score (nSPS) is 15.2. The van der Waals surface area contributed by atoms with Crippen molar-refractivity contribution in [3.05, 3.63) is 67.6 Å². The number of likely N-dealkylation sites (N-methyl/N-ethyl adjacent to an activating group) is 2. The van der Waals surface area contributed by atoms with Crippen LogP contribution in [-0.4, -0.2) is 72.5 Å². The molecule has 0 amide bonds. The summed E-state index contributed by atoms with van der Waals surface area (Å²) in [6.07, 6.45) is 1.46. The maximum Gasteiger partial charge on any atom is 0.0615 e. The van der Waals surface area contributed by atoms with Crippen LogP contribution < -0.4 is 0 Å². The second-order valence-electron chi connectivity index (χ2n) is 8.95. The van der Waals surface area contributed by atoms with Gasteiger partial charge in [-0.3, -0.25) is 0 Å². The van der Waals surface area contributed by atoms with Crippen molar-refractivity contribution < 1.29 is 10.2 Å². The molecule has 8 heteroatoms. The Balaban J connectivity index is 0.000000320. The van der Waals surface area contributed by atoms with E-state index in [2.05, 4.69) is 0 Å². The van der Waals surface area contributed by atoms with Gasteiger partial charge in [-0.2, -0.15) is 0 Å². The topological polar surface area (TPSA) is 46.9 Å². The van der Waals surface area contributed by atoms with Gasteiger partial charge in [-0.15, -0.1) is 0 Å². The van der Waals surface area contributed by atoms with E-state index in [1.165, 1.54) is 0 Å². The van der Waals surface area contributed by atoms with Gasteiger partial charge >= 0.3 is 0 Å². The summed E-state index contributed by atoms with van der Waals surface area (Å²) >= 11 is 23.6. The van der Waals surface area contributed by atoms with E-state index in [4.69, 9.17) is 46.4 Å². The van der Waals surface area contributed by atoms with Gasteiger partial charge in [0.1, 0.15) is 0 Å². The number of aliphatic hydroxyl groups is 2. The predicted octanol–water partition coefficient (Wildman–Crippen LogP) is 5.70. The third-order valence-corrected chi connectivity index (χ3v) is 7.46. The van der Waals surface area contributed by atoms with E-state index < -0.39 is 0 Å². The van der Waals surface area contributed by atoms with Crippen molar-refractivity contribution >= 4 is 46.4 Å². The Labute approximate surface area is 212 Å². The van der Waals surface area contributed by atoms with Crippen molar-refractivity contribution in [3.8, 4) is 0 Å². The van der Waals surface area contributed by atoms with Crippen LogP contribution in [0.2, 0.25) is 20.1 Å². The first-order chi connectivity index (χ1) is 14.8. The number of rotatable bonds is 8. The summed E-state index contributed by atoms with van der Waals surface area (Å²) in [6.45, 7) is 4.21. The van der Waals surface area contributed by atoms with Crippen LogP contribution in [0.4, 0.5) is 0 Å². The molecule has 2 aromatic carbocycles. The number of halogens is 4. The molecule has 0 aliphatic heterocycles. The van der Waals surface area contributed by atoms with Crippen LogP contribution >= 0.6 is 46.4 Å². The summed E-state index contributed by atoms with van der Waals surface area (Å²) < 4.78 is 0. The first-order valence-corrected chi connectivity index (χ1v) is 11.7. The highest BCUT2D eigenvalue weighted by Gasteiger charge is 2.27. The number of hydrogen-bond acceptors (Lipinski definition) is 4. The highest BCUT2D eigenvalue weighted by atomic mass is 35.5. The monoisotopic (exact) mass is 522 g/mol. The quantitative estimate of drug-likeness (QED) is 0.466. The van der Waals surface area contributed by atoms with E-state index in [1.807, 2.05) is 76.1 Å². The van der Waals surface area contributed by atoms with Crippen LogP contribution in [0.25, 0.3) is 0 Å². The smallest absolute Gasteiger partial charge is 0.0615 e. The zero-order chi connectivity index (χ0) is 24.7. The van der Waals surface area contributed by atoms with Crippen molar-refractivity contribution in [1.82, 2.24) is 9.80 Å². The molecule has 0 spiro atoms. The summed E-state index contributed by atoms with van der Waals surface area (Å²) in [6, 6.07) is 11.1. The van der Waals surface area contributed by atoms with Gasteiger partial charge in [0.2, 0.25) is 0 Å². The number of aliphatic hydroxyl groups excluding tert-OH is 2. The molecule has 4 nitrogen and oxygen atoms in total. The van der Waals surface area contributed by atoms with E-state index in [0.717, 1.165) is 24.0 Å². The van der Waals surface area contributed by atoms with Crippen LogP contribution in [0.5, 0.6) is 0 Å². The zero-order valence-corrected chi connectivity index (χ0v) is 22.6. The van der Waals surface area contributed by atoms with E-state index in [1.54, 1.807) is 12.1 Å². The van der Waals surface area contributed by atoms with Crippen LogP contribution in [-0.2, 0) is 12.8 Å². The van der Waals surface area contributed by atoms with Gasteiger partial charge < -0.3 is 20.0 Å². The molecule has 0 saturated carbocycles. The van der Waals surface area contributed by atoms with Crippen molar-refractivity contribution in [2.75, 3.05) is 41.4 Å². The summed E-state index contributed by atoms with van der Waals surface area (Å²) in [5.74, 6) is 0. The van der Waals surface area contributed by atoms with Crippen LogP contribution in [0.15, 0.2) is 36.4 Å². The fourth-order valence-corrected chi connectivity index (χ4v) is 3.53. The molecule has 2 aromatic rings. The Bertz CT molecular complexity index is 808. The van der Waals surface area contributed by atoms with Gasteiger partial charge in [0.05, 0.1) is 33.3 Å². The summed E-state index contributed by atoms with van der Waals surface area (Å²) in [4.78, 5) is 4.02. The van der Waals surface area contributed by atoms with Crippen LogP contribution in [0.3, 0.4) is 0 Å². The Morgan fingerprint density at radius 2 is 0.938 bits per heavy atom. The predicted molar refractivity (Wildman–Crippen MR) is 139 cm³/mol. The highest BCUT2D eigenvalue weighted by molar-refractivity contribution is 6.42. The Kier molecular flexibility index (Phi) is 11.8. The fourth-order valence-electron chi connectivity index (χ4n) is 2.89. The third kappa shape index (κ3) is 8.34. The van der Waals surface area contributed by atoms with Crippen molar-refractivity contribution in [3.63, 3.8) is 0 Å². The minimum Gasteiger partial charge on any atom is -0.394 e. The minimum absolute atomic E-state index is 0.0975. The maximum absolute atomic E-state index is 9.44. The average molecular weight is 524 g/mol. The van der Waals surface area contributed by atoms with E-state index in [9.17, 15) is 10.2 Å². The summed E-state index contributed by atoms with van der Waals surface area (Å²) in [5, 5.41) is 21.1. The molecule has 180 valence electrons. The molecule has 0 aliphatic rings. The third-order valence-electron chi connectivity index (χ3n) is 5.98. The second-order valence-corrected chi connectivity index (χ2v) is 10.6. The number of nitrogens with zero attached hydrogens (tertiary/aromatic N) is 2. The van der Waals surface area contributed by atoms with E-state index >= 15 is 0 Å². The second kappa shape index (κ2) is 12.8. The minimum atomic E-state index is -0.281. The highest BCUT2D eigenvalue weighted by Crippen LogP contribution is 2.27. The molecule has 0 radical (unpaired) electrons. The zero-order valence-electron chi connectivity index (χ0n) is 19.6. The molecule has 2 unspecified atom stereocenters. The molecule has 2 N–H and O–H groups in total. The lowest BCUT2D eigenvalue weighted by Gasteiger charge is -2.34. The summed E-state index contributed by atoms with van der Waals surface area (Å²) in [5.41, 5.74) is 1.58. The van der Waals surface area contributed by atoms with Crippen LogP contribution in [0.1, 0.15) is 25.0 Å². The van der Waals surface area contributed by atoms with E-state index in [0.29, 0.717) is 20.1 Å². The number of benzene rings is 2. The maximum atomic E-state index is 9.44. The van der Waals surface area contributed by atoms with Gasteiger partial charge in [-0.25, -0.2) is 0 Å². The van der Waals surface area contributed by atoms with Gasteiger partial charge in [0, 0.05) is 11.1 Å². The van der Waals surface area contributed by atoms with Crippen LogP contribution in [0, 0.1) is 0 Å². The standard InChI is InChI=1S/2C12H17Cl2NO/c2*1-12(8-16,15(2)3)7-9-4-5-10(13)11(14)6-9/h2*4-6,16H,7-8H2,1-3H3. The molecule has 32 heavy (non-hydrogen) atoms. The Morgan fingerprint density at radius 3 is 1.16 bits per heavy atom. The van der Waals surface area contributed by atoms with Crippen molar-refractivity contribution in [2.24, 2.45) is 0 Å². The van der Waals surface area contributed by atoms with E-state index in [-0.39, 0.29) is 24.3 Å². The number of hydrogen-bond donors (Lipinski definition) is 2. The Hall–Kier alpha value is -0.560. The lowest BCUT2D eigenvalue weighted by Crippen LogP contribution is -2.46. The Morgan fingerprint density at radius 1 is 0.625 bits per heavy atom. The molecular weight excluding hydrogens is 490 g/mol. The largest absolute Gasteiger partial charge is 0.394 e. The molecule has 2 atom stereocenters. The SMILES string of the molecule is CN(C)C(C)(CO)Cc1ccc(Cl)c(Cl)c1.CN(C)C(C)(CO)Cc1ccc(Cl)c(Cl)c1. The van der Waals surface area contributed by atoms with Gasteiger partial charge in [0.25, 0.3) is 0 Å². The molecule has 0 bridgehead atoms. The summed E-state index contributed by atoms with van der Waals surface area (Å²) in [7, 11) is 7.81. The average Bonchev–Trinajstić information content (AvgIpc) is 2.73. The molecule has 0 aliphatic carbocycles. The first kappa shape index (κ1) is 29.5. The molecule has 2 rings (SSSR count).